The molecule has 0 aliphatic rings. The topological polar surface area (TPSA) is 76.7 Å². The van der Waals surface area contributed by atoms with Crippen molar-refractivity contribution in [1.82, 2.24) is 25.4 Å². The van der Waals surface area contributed by atoms with Gasteiger partial charge in [0.15, 0.2) is 0 Å². The zero-order valence-corrected chi connectivity index (χ0v) is 10.8. The second-order valence-corrected chi connectivity index (χ2v) is 4.18. The standard InChI is InChI=1S/C12H17N5O/c1-4-14-9(3)8(2)12-16-11(17-18-12)10-7-13-5-6-15-10/h5-9,14H,4H2,1-3H3. The largest absolute Gasteiger partial charge is 0.339 e. The van der Waals surface area contributed by atoms with Crippen LogP contribution in [-0.2, 0) is 0 Å². The summed E-state index contributed by atoms with van der Waals surface area (Å²) in [6, 6.07) is 0.283. The third kappa shape index (κ3) is 2.70. The minimum absolute atomic E-state index is 0.155. The van der Waals surface area contributed by atoms with Gasteiger partial charge in [0.05, 0.1) is 12.1 Å². The van der Waals surface area contributed by atoms with Crippen molar-refractivity contribution in [3.63, 3.8) is 0 Å². The molecule has 2 rings (SSSR count). The van der Waals surface area contributed by atoms with Crippen molar-refractivity contribution in [3.05, 3.63) is 24.5 Å². The van der Waals surface area contributed by atoms with Crippen LogP contribution in [0.2, 0.25) is 0 Å². The van der Waals surface area contributed by atoms with Gasteiger partial charge in [-0.3, -0.25) is 4.98 Å². The van der Waals surface area contributed by atoms with Crippen molar-refractivity contribution < 1.29 is 4.52 Å². The van der Waals surface area contributed by atoms with E-state index in [1.807, 2.05) is 0 Å². The highest BCUT2D eigenvalue weighted by Gasteiger charge is 2.20. The summed E-state index contributed by atoms with van der Waals surface area (Å²) in [4.78, 5) is 12.5. The Morgan fingerprint density at radius 1 is 1.33 bits per heavy atom. The molecular formula is C12H17N5O. The van der Waals surface area contributed by atoms with E-state index >= 15 is 0 Å². The molecule has 6 nitrogen and oxygen atoms in total. The summed E-state index contributed by atoms with van der Waals surface area (Å²) in [6.07, 6.45) is 4.84. The first-order chi connectivity index (χ1) is 8.72. The van der Waals surface area contributed by atoms with Gasteiger partial charge in [-0.1, -0.05) is 19.0 Å². The van der Waals surface area contributed by atoms with Crippen LogP contribution < -0.4 is 5.32 Å². The van der Waals surface area contributed by atoms with E-state index in [0.29, 0.717) is 17.4 Å². The third-order valence-corrected chi connectivity index (χ3v) is 2.90. The lowest BCUT2D eigenvalue weighted by Crippen LogP contribution is -2.30. The molecule has 0 saturated heterocycles. The predicted octanol–water partition coefficient (Wildman–Crippen LogP) is 1.63. The smallest absolute Gasteiger partial charge is 0.231 e. The van der Waals surface area contributed by atoms with Crippen LogP contribution >= 0.6 is 0 Å². The number of hydrogen-bond acceptors (Lipinski definition) is 6. The molecule has 2 heterocycles. The Morgan fingerprint density at radius 3 is 2.83 bits per heavy atom. The number of hydrogen-bond donors (Lipinski definition) is 1. The van der Waals surface area contributed by atoms with Crippen LogP contribution in [0.4, 0.5) is 0 Å². The molecule has 96 valence electrons. The van der Waals surface area contributed by atoms with Crippen LogP contribution in [0.5, 0.6) is 0 Å². The fourth-order valence-corrected chi connectivity index (χ4v) is 1.65. The Balaban J connectivity index is 2.15. The van der Waals surface area contributed by atoms with Crippen LogP contribution in [0.25, 0.3) is 11.5 Å². The Hall–Kier alpha value is -1.82. The number of rotatable bonds is 5. The zero-order valence-electron chi connectivity index (χ0n) is 10.8. The van der Waals surface area contributed by atoms with E-state index in [1.54, 1.807) is 18.6 Å². The maximum absolute atomic E-state index is 5.28. The highest BCUT2D eigenvalue weighted by Crippen LogP contribution is 2.20. The molecule has 0 radical (unpaired) electrons. The Bertz CT molecular complexity index is 484. The fraction of sp³-hybridized carbons (Fsp3) is 0.500. The van der Waals surface area contributed by atoms with Gasteiger partial charge < -0.3 is 9.84 Å². The lowest BCUT2D eigenvalue weighted by atomic mass is 10.0. The predicted molar refractivity (Wildman–Crippen MR) is 66.9 cm³/mol. The quantitative estimate of drug-likeness (QED) is 0.865. The van der Waals surface area contributed by atoms with Crippen LogP contribution in [0, 0.1) is 0 Å². The molecule has 0 aromatic carbocycles. The lowest BCUT2D eigenvalue weighted by molar-refractivity contribution is 0.332. The van der Waals surface area contributed by atoms with Gasteiger partial charge in [0.1, 0.15) is 5.69 Å². The molecule has 0 saturated carbocycles. The summed E-state index contributed by atoms with van der Waals surface area (Å²) in [5.74, 6) is 1.25. The summed E-state index contributed by atoms with van der Waals surface area (Å²) in [7, 11) is 0. The zero-order chi connectivity index (χ0) is 13.0. The highest BCUT2D eigenvalue weighted by molar-refractivity contribution is 5.45. The summed E-state index contributed by atoms with van der Waals surface area (Å²) in [5, 5.41) is 7.27. The number of likely N-dealkylation sites (N-methyl/N-ethyl adjacent to an activating group) is 1. The van der Waals surface area contributed by atoms with Crippen molar-refractivity contribution >= 4 is 0 Å². The molecule has 0 aliphatic carbocycles. The van der Waals surface area contributed by atoms with E-state index in [0.717, 1.165) is 6.54 Å². The molecule has 18 heavy (non-hydrogen) atoms. The van der Waals surface area contributed by atoms with Gasteiger partial charge in [-0.05, 0) is 13.5 Å². The highest BCUT2D eigenvalue weighted by atomic mass is 16.5. The Morgan fingerprint density at radius 2 is 2.17 bits per heavy atom. The maximum atomic E-state index is 5.28. The van der Waals surface area contributed by atoms with Gasteiger partial charge in [0.25, 0.3) is 0 Å². The molecule has 0 aliphatic heterocycles. The number of nitrogens with one attached hydrogen (secondary N) is 1. The summed E-state index contributed by atoms with van der Waals surface area (Å²) in [5.41, 5.74) is 0.621. The summed E-state index contributed by atoms with van der Waals surface area (Å²) >= 11 is 0. The average molecular weight is 247 g/mol. The van der Waals surface area contributed by atoms with Crippen molar-refractivity contribution in [1.29, 1.82) is 0 Å². The van der Waals surface area contributed by atoms with Crippen LogP contribution in [0.1, 0.15) is 32.6 Å². The third-order valence-electron chi connectivity index (χ3n) is 2.90. The molecule has 0 spiro atoms. The van der Waals surface area contributed by atoms with Gasteiger partial charge in [-0.15, -0.1) is 0 Å². The molecule has 0 bridgehead atoms. The lowest BCUT2D eigenvalue weighted by Gasteiger charge is -2.16. The maximum Gasteiger partial charge on any atom is 0.231 e. The van der Waals surface area contributed by atoms with E-state index in [9.17, 15) is 0 Å². The molecular weight excluding hydrogens is 230 g/mol. The number of aromatic nitrogens is 4. The first-order valence-corrected chi connectivity index (χ1v) is 6.05. The SMILES string of the molecule is CCNC(C)C(C)c1nc(-c2cnccn2)no1. The van der Waals surface area contributed by atoms with Crippen molar-refractivity contribution in [2.24, 2.45) is 0 Å². The Kier molecular flexibility index (Phi) is 3.99. The molecule has 2 atom stereocenters. The molecule has 0 fully saturated rings. The fourth-order valence-electron chi connectivity index (χ4n) is 1.65. The summed E-state index contributed by atoms with van der Waals surface area (Å²) < 4.78 is 5.28. The normalized spacial score (nSPS) is 14.4. The Labute approximate surface area is 106 Å². The second-order valence-electron chi connectivity index (χ2n) is 4.18. The number of nitrogens with zero attached hydrogens (tertiary/aromatic N) is 4. The van der Waals surface area contributed by atoms with Crippen LogP contribution in [0.3, 0.4) is 0 Å². The van der Waals surface area contributed by atoms with Gasteiger partial charge in [-0.25, -0.2) is 4.98 Å². The molecule has 2 aromatic rings. The molecule has 1 N–H and O–H groups in total. The van der Waals surface area contributed by atoms with E-state index in [4.69, 9.17) is 4.52 Å². The second kappa shape index (κ2) is 5.68. The van der Waals surface area contributed by atoms with E-state index in [1.165, 1.54) is 0 Å². The van der Waals surface area contributed by atoms with Crippen molar-refractivity contribution in [3.8, 4) is 11.5 Å². The molecule has 2 unspecified atom stereocenters. The van der Waals surface area contributed by atoms with Gasteiger partial charge >= 0.3 is 0 Å². The van der Waals surface area contributed by atoms with E-state index in [-0.39, 0.29) is 12.0 Å². The first kappa shape index (κ1) is 12.6. The first-order valence-electron chi connectivity index (χ1n) is 6.05. The minimum Gasteiger partial charge on any atom is -0.339 e. The van der Waals surface area contributed by atoms with E-state index in [2.05, 4.69) is 46.2 Å². The van der Waals surface area contributed by atoms with E-state index < -0.39 is 0 Å². The van der Waals surface area contributed by atoms with Gasteiger partial charge in [0, 0.05) is 18.4 Å². The van der Waals surface area contributed by atoms with Gasteiger partial charge in [-0.2, -0.15) is 4.98 Å². The van der Waals surface area contributed by atoms with Crippen LogP contribution in [-0.4, -0.2) is 32.7 Å². The monoisotopic (exact) mass is 247 g/mol. The molecule has 0 amide bonds. The van der Waals surface area contributed by atoms with Crippen molar-refractivity contribution in [2.45, 2.75) is 32.7 Å². The molecule has 2 aromatic heterocycles. The average Bonchev–Trinajstić information content (AvgIpc) is 2.89. The summed E-state index contributed by atoms with van der Waals surface area (Å²) in [6.45, 7) is 7.14. The van der Waals surface area contributed by atoms with Gasteiger partial charge in [0.2, 0.25) is 11.7 Å². The minimum atomic E-state index is 0.155. The van der Waals surface area contributed by atoms with Crippen LogP contribution in [0.15, 0.2) is 23.1 Å². The molecule has 6 heteroatoms. The van der Waals surface area contributed by atoms with Crippen molar-refractivity contribution in [2.75, 3.05) is 6.54 Å².